The lowest BCUT2D eigenvalue weighted by molar-refractivity contribution is 0.102. The predicted octanol–water partition coefficient (Wildman–Crippen LogP) is 5.10. The molecule has 0 aliphatic carbocycles. The number of nitrogens with zero attached hydrogens (tertiary/aromatic N) is 3. The van der Waals surface area contributed by atoms with Crippen molar-refractivity contribution in [3.05, 3.63) is 77.0 Å². The van der Waals surface area contributed by atoms with Gasteiger partial charge in [0.05, 0.1) is 10.6 Å². The maximum Gasteiger partial charge on any atom is 0.261 e. The highest BCUT2D eigenvalue weighted by atomic mass is 35.5. The topological polar surface area (TPSA) is 73.0 Å². The average molecular weight is 411 g/mol. The first-order valence-corrected chi connectivity index (χ1v) is 9.13. The van der Waals surface area contributed by atoms with Crippen LogP contribution >= 0.6 is 11.6 Å². The fourth-order valence-corrected chi connectivity index (χ4v) is 3.36. The van der Waals surface area contributed by atoms with E-state index in [2.05, 4.69) is 15.5 Å². The third-order valence-corrected chi connectivity index (χ3v) is 4.80. The summed E-state index contributed by atoms with van der Waals surface area (Å²) in [7, 11) is 1.89. The second kappa shape index (κ2) is 7.52. The summed E-state index contributed by atoms with van der Waals surface area (Å²) in [5.41, 5.74) is 1.61. The number of halogens is 2. The predicted molar refractivity (Wildman–Crippen MR) is 108 cm³/mol. The van der Waals surface area contributed by atoms with Crippen molar-refractivity contribution in [1.82, 2.24) is 14.7 Å². The van der Waals surface area contributed by atoms with Crippen LogP contribution in [0.25, 0.3) is 22.6 Å². The molecule has 0 bridgehead atoms. The van der Waals surface area contributed by atoms with E-state index in [0.717, 1.165) is 11.4 Å². The van der Waals surface area contributed by atoms with Crippen LogP contribution in [0.1, 0.15) is 16.1 Å². The largest absolute Gasteiger partial charge is 0.360 e. The van der Waals surface area contributed by atoms with Gasteiger partial charge in [0.25, 0.3) is 5.91 Å². The summed E-state index contributed by atoms with van der Waals surface area (Å²) in [4.78, 5) is 17.3. The van der Waals surface area contributed by atoms with Crippen molar-refractivity contribution in [2.24, 2.45) is 7.05 Å². The van der Waals surface area contributed by atoms with Gasteiger partial charge in [-0.15, -0.1) is 0 Å². The second-order valence-corrected chi connectivity index (χ2v) is 6.86. The van der Waals surface area contributed by atoms with Crippen LogP contribution in [-0.2, 0) is 7.05 Å². The van der Waals surface area contributed by atoms with Crippen LogP contribution in [0.3, 0.4) is 0 Å². The number of imidazole rings is 1. The van der Waals surface area contributed by atoms with E-state index in [0.29, 0.717) is 5.69 Å². The number of nitrogens with one attached hydrogen (secondary N) is 1. The lowest BCUT2D eigenvalue weighted by Gasteiger charge is -2.09. The van der Waals surface area contributed by atoms with Crippen molar-refractivity contribution < 1.29 is 13.7 Å². The van der Waals surface area contributed by atoms with Gasteiger partial charge >= 0.3 is 0 Å². The summed E-state index contributed by atoms with van der Waals surface area (Å²) in [6, 6.07) is 11.5. The van der Waals surface area contributed by atoms with Crippen LogP contribution in [-0.4, -0.2) is 20.6 Å². The molecule has 146 valence electrons. The van der Waals surface area contributed by atoms with E-state index >= 15 is 0 Å². The number of hydrogen-bond donors (Lipinski definition) is 1. The molecule has 0 saturated carbocycles. The molecule has 0 saturated heterocycles. The zero-order valence-corrected chi connectivity index (χ0v) is 16.4. The van der Waals surface area contributed by atoms with Gasteiger partial charge in [0, 0.05) is 30.7 Å². The third-order valence-electron chi connectivity index (χ3n) is 4.49. The SMILES string of the molecule is Cc1onc(-c2c(F)cccc2Cl)c1C(=O)Nc1cccc(-c2nccn2C)c1. The summed E-state index contributed by atoms with van der Waals surface area (Å²) >= 11 is 6.14. The van der Waals surface area contributed by atoms with E-state index in [-0.39, 0.29) is 27.6 Å². The summed E-state index contributed by atoms with van der Waals surface area (Å²) in [6.45, 7) is 1.59. The minimum Gasteiger partial charge on any atom is -0.360 e. The van der Waals surface area contributed by atoms with Crippen molar-refractivity contribution in [2.45, 2.75) is 6.92 Å². The first-order valence-electron chi connectivity index (χ1n) is 8.75. The first-order chi connectivity index (χ1) is 14.0. The molecule has 0 aliphatic rings. The van der Waals surface area contributed by atoms with Crippen LogP contribution in [0.4, 0.5) is 10.1 Å². The summed E-state index contributed by atoms with van der Waals surface area (Å²) in [6.07, 6.45) is 3.54. The lowest BCUT2D eigenvalue weighted by Crippen LogP contribution is -2.14. The number of benzene rings is 2. The van der Waals surface area contributed by atoms with E-state index in [4.69, 9.17) is 16.1 Å². The number of anilines is 1. The fraction of sp³-hybridized carbons (Fsp3) is 0.0952. The maximum atomic E-state index is 14.4. The molecule has 29 heavy (non-hydrogen) atoms. The zero-order chi connectivity index (χ0) is 20.5. The van der Waals surface area contributed by atoms with Crippen LogP contribution in [0.15, 0.2) is 59.4 Å². The van der Waals surface area contributed by atoms with Gasteiger partial charge in [-0.25, -0.2) is 9.37 Å². The van der Waals surface area contributed by atoms with Gasteiger partial charge in [0.2, 0.25) is 0 Å². The third kappa shape index (κ3) is 3.52. The fourth-order valence-electron chi connectivity index (χ4n) is 3.11. The Hall–Kier alpha value is -3.45. The van der Waals surface area contributed by atoms with Crippen LogP contribution in [0, 0.1) is 12.7 Å². The molecule has 2 aromatic carbocycles. The molecule has 0 aliphatic heterocycles. The number of carbonyl (C=O) groups is 1. The van der Waals surface area contributed by atoms with Gasteiger partial charge in [0.1, 0.15) is 28.7 Å². The van der Waals surface area contributed by atoms with E-state index in [1.807, 2.05) is 29.9 Å². The normalized spacial score (nSPS) is 10.9. The van der Waals surface area contributed by atoms with E-state index < -0.39 is 11.7 Å². The molecule has 0 radical (unpaired) electrons. The Balaban J connectivity index is 1.69. The van der Waals surface area contributed by atoms with E-state index in [9.17, 15) is 9.18 Å². The molecule has 8 heteroatoms. The minimum absolute atomic E-state index is 0.0259. The smallest absolute Gasteiger partial charge is 0.261 e. The van der Waals surface area contributed by atoms with Gasteiger partial charge < -0.3 is 14.4 Å². The Morgan fingerprint density at radius 3 is 2.76 bits per heavy atom. The number of rotatable bonds is 4. The number of aromatic nitrogens is 3. The van der Waals surface area contributed by atoms with Gasteiger partial charge in [-0.05, 0) is 31.2 Å². The molecule has 6 nitrogen and oxygen atoms in total. The van der Waals surface area contributed by atoms with Crippen molar-refractivity contribution in [3.8, 4) is 22.6 Å². The molecular weight excluding hydrogens is 395 g/mol. The Kier molecular flexibility index (Phi) is 4.90. The number of amides is 1. The Bertz CT molecular complexity index is 1190. The van der Waals surface area contributed by atoms with Gasteiger partial charge in [-0.2, -0.15) is 0 Å². The molecule has 4 aromatic rings. The van der Waals surface area contributed by atoms with Gasteiger partial charge in [-0.3, -0.25) is 4.79 Å². The van der Waals surface area contributed by atoms with Crippen molar-refractivity contribution in [2.75, 3.05) is 5.32 Å². The quantitative estimate of drug-likeness (QED) is 0.508. The van der Waals surface area contributed by atoms with Gasteiger partial charge in [-0.1, -0.05) is 35.0 Å². The molecule has 0 spiro atoms. The lowest BCUT2D eigenvalue weighted by atomic mass is 10.0. The van der Waals surface area contributed by atoms with E-state index in [1.54, 1.807) is 25.3 Å². The van der Waals surface area contributed by atoms with E-state index in [1.165, 1.54) is 18.2 Å². The van der Waals surface area contributed by atoms with Crippen molar-refractivity contribution >= 4 is 23.2 Å². The molecule has 2 heterocycles. The molecular formula is C21H16ClFN4O2. The highest BCUT2D eigenvalue weighted by Crippen LogP contribution is 2.34. The van der Waals surface area contributed by atoms with Crippen molar-refractivity contribution in [3.63, 3.8) is 0 Å². The molecule has 0 fully saturated rings. The molecule has 1 amide bonds. The summed E-state index contributed by atoms with van der Waals surface area (Å²) in [5, 5.41) is 6.82. The van der Waals surface area contributed by atoms with Crippen LogP contribution in [0.5, 0.6) is 0 Å². The van der Waals surface area contributed by atoms with Crippen molar-refractivity contribution in [1.29, 1.82) is 0 Å². The van der Waals surface area contributed by atoms with Gasteiger partial charge in [0.15, 0.2) is 0 Å². The highest BCUT2D eigenvalue weighted by Gasteiger charge is 2.25. The average Bonchev–Trinajstić information content (AvgIpc) is 3.27. The molecule has 0 atom stereocenters. The Morgan fingerprint density at radius 2 is 2.03 bits per heavy atom. The molecule has 0 unspecified atom stereocenters. The molecule has 1 N–H and O–H groups in total. The molecule has 2 aromatic heterocycles. The number of aryl methyl sites for hydroxylation is 2. The summed E-state index contributed by atoms with van der Waals surface area (Å²) in [5.74, 6) is -0.0372. The van der Waals surface area contributed by atoms with Crippen LogP contribution in [0.2, 0.25) is 5.02 Å². The first kappa shape index (κ1) is 18.9. The monoisotopic (exact) mass is 410 g/mol. The van der Waals surface area contributed by atoms with Crippen LogP contribution < -0.4 is 5.32 Å². The molecule has 4 rings (SSSR count). The minimum atomic E-state index is -0.586. The summed E-state index contributed by atoms with van der Waals surface area (Å²) < 4.78 is 21.4. The Morgan fingerprint density at radius 1 is 1.24 bits per heavy atom. The number of carbonyl (C=O) groups excluding carboxylic acids is 1. The number of hydrogen-bond acceptors (Lipinski definition) is 4. The second-order valence-electron chi connectivity index (χ2n) is 6.46. The Labute approximate surface area is 170 Å². The standard InChI is InChI=1S/C21H16ClFN4O2/c1-12-17(19(26-29-12)18-15(22)7-4-8-16(18)23)21(28)25-14-6-3-5-13(11-14)20-24-9-10-27(20)2/h3-11H,1-2H3,(H,25,28). The maximum absolute atomic E-state index is 14.4. The highest BCUT2D eigenvalue weighted by molar-refractivity contribution is 6.33. The zero-order valence-electron chi connectivity index (χ0n) is 15.6.